The van der Waals surface area contributed by atoms with Crippen LogP contribution in [0.5, 0.6) is 5.75 Å². The first kappa shape index (κ1) is 23.7. The lowest BCUT2D eigenvalue weighted by Crippen LogP contribution is -2.18. The molecule has 0 saturated heterocycles. The minimum absolute atomic E-state index is 0.00773. The lowest BCUT2D eigenvalue weighted by Gasteiger charge is -2.14. The summed E-state index contributed by atoms with van der Waals surface area (Å²) in [5, 5.41) is 5.87. The van der Waals surface area contributed by atoms with E-state index in [0.29, 0.717) is 17.9 Å². The van der Waals surface area contributed by atoms with Gasteiger partial charge in [0.15, 0.2) is 5.76 Å². The lowest BCUT2D eigenvalue weighted by molar-refractivity contribution is -0.115. The molecule has 0 heterocycles. The van der Waals surface area contributed by atoms with Crippen molar-refractivity contribution in [2.75, 3.05) is 17.2 Å². The highest BCUT2D eigenvalue weighted by Crippen LogP contribution is 2.23. The number of anilines is 2. The number of para-hydroxylation sites is 1. The number of benzene rings is 2. The number of nitrogens with one attached hydrogen (secondary N) is 2. The molecule has 0 bridgehead atoms. The van der Waals surface area contributed by atoms with Crippen LogP contribution in [0, 0.1) is 6.92 Å². The van der Waals surface area contributed by atoms with Crippen LogP contribution < -0.4 is 15.4 Å². The fourth-order valence-corrected chi connectivity index (χ4v) is 2.44. The topological polar surface area (TPSA) is 67.4 Å². The van der Waals surface area contributed by atoms with Gasteiger partial charge >= 0.3 is 0 Å². The third kappa shape index (κ3) is 7.66. The van der Waals surface area contributed by atoms with Crippen LogP contribution in [0.3, 0.4) is 0 Å². The molecule has 0 aliphatic carbocycles. The molecule has 0 saturated carbocycles. The average molecular weight is 395 g/mol. The van der Waals surface area contributed by atoms with Crippen molar-refractivity contribution < 1.29 is 14.3 Å². The van der Waals surface area contributed by atoms with Gasteiger partial charge in [-0.05, 0) is 55.7 Å². The molecule has 2 aromatic rings. The van der Waals surface area contributed by atoms with Crippen LogP contribution in [-0.4, -0.2) is 18.2 Å². The molecule has 0 spiro atoms. The van der Waals surface area contributed by atoms with Crippen LogP contribution >= 0.6 is 0 Å². The Labute approximate surface area is 173 Å². The van der Waals surface area contributed by atoms with Gasteiger partial charge < -0.3 is 15.4 Å². The van der Waals surface area contributed by atoms with Gasteiger partial charge in [-0.1, -0.05) is 44.7 Å². The van der Waals surface area contributed by atoms with E-state index in [1.165, 1.54) is 6.92 Å². The standard InChI is InChI=1S/C22H24N2O3.C2H6/c1-5-8-18-13-19(11-12-20(18)23-14-16(3)25)24-22(26)17(4)27-21-10-7-6-9-15(21)2;1-2/h5-7,9-13,23H,1,4,8,14H2,2-3H3,(H,24,26);1-2H3. The number of Topliss-reactive ketones (excluding diaryl/α,β-unsaturated/α-hetero) is 1. The zero-order valence-corrected chi connectivity index (χ0v) is 17.7. The van der Waals surface area contributed by atoms with E-state index in [1.807, 2.05) is 51.1 Å². The SMILES string of the molecule is C=CCc1cc(NC(=O)C(=C)Oc2ccccc2C)ccc1NCC(C)=O.CC. The Kier molecular flexibility index (Phi) is 9.96. The number of allylic oxidation sites excluding steroid dienone is 1. The first-order valence-electron chi connectivity index (χ1n) is 9.61. The summed E-state index contributed by atoms with van der Waals surface area (Å²) in [6, 6.07) is 12.8. The van der Waals surface area contributed by atoms with Crippen molar-refractivity contribution in [1.29, 1.82) is 0 Å². The summed E-state index contributed by atoms with van der Waals surface area (Å²) in [5.74, 6) is 0.218. The zero-order chi connectivity index (χ0) is 21.8. The number of rotatable bonds is 9. The van der Waals surface area contributed by atoms with Gasteiger partial charge in [-0.15, -0.1) is 6.58 Å². The Morgan fingerprint density at radius 1 is 1.14 bits per heavy atom. The summed E-state index contributed by atoms with van der Waals surface area (Å²) in [4.78, 5) is 23.6. The number of carbonyl (C=O) groups is 2. The summed E-state index contributed by atoms with van der Waals surface area (Å²) in [6.45, 7) is 15.1. The molecule has 0 fully saturated rings. The molecule has 5 heteroatoms. The lowest BCUT2D eigenvalue weighted by atomic mass is 10.1. The molecular weight excluding hydrogens is 364 g/mol. The van der Waals surface area contributed by atoms with Gasteiger partial charge in [-0.2, -0.15) is 0 Å². The summed E-state index contributed by atoms with van der Waals surface area (Å²) >= 11 is 0. The van der Waals surface area contributed by atoms with Gasteiger partial charge in [-0.3, -0.25) is 9.59 Å². The minimum atomic E-state index is -0.424. The van der Waals surface area contributed by atoms with Crippen molar-refractivity contribution in [1.82, 2.24) is 0 Å². The van der Waals surface area contributed by atoms with Gasteiger partial charge in [0.1, 0.15) is 11.5 Å². The molecule has 5 nitrogen and oxygen atoms in total. The Morgan fingerprint density at radius 2 is 1.83 bits per heavy atom. The summed E-state index contributed by atoms with van der Waals surface area (Å²) < 4.78 is 5.57. The van der Waals surface area contributed by atoms with E-state index in [-0.39, 0.29) is 18.1 Å². The molecule has 2 aromatic carbocycles. The minimum Gasteiger partial charge on any atom is -0.452 e. The van der Waals surface area contributed by atoms with Crippen molar-refractivity contribution in [3.63, 3.8) is 0 Å². The van der Waals surface area contributed by atoms with Crippen molar-refractivity contribution in [2.24, 2.45) is 0 Å². The molecular formula is C24H30N2O3. The summed E-state index contributed by atoms with van der Waals surface area (Å²) in [5.41, 5.74) is 3.29. The largest absolute Gasteiger partial charge is 0.452 e. The second kappa shape index (κ2) is 12.2. The fourth-order valence-electron chi connectivity index (χ4n) is 2.44. The van der Waals surface area contributed by atoms with Crippen LogP contribution in [0.4, 0.5) is 11.4 Å². The summed E-state index contributed by atoms with van der Waals surface area (Å²) in [7, 11) is 0. The Hall–Kier alpha value is -3.34. The quantitative estimate of drug-likeness (QED) is 0.345. The van der Waals surface area contributed by atoms with E-state index in [9.17, 15) is 9.59 Å². The molecule has 0 radical (unpaired) electrons. The predicted octanol–water partition coefficient (Wildman–Crippen LogP) is 5.28. The number of aryl methyl sites for hydroxylation is 1. The van der Waals surface area contributed by atoms with Crippen molar-refractivity contribution in [2.45, 2.75) is 34.1 Å². The molecule has 2 rings (SSSR count). The van der Waals surface area contributed by atoms with Crippen molar-refractivity contribution >= 4 is 23.1 Å². The van der Waals surface area contributed by atoms with Crippen LogP contribution in [0.1, 0.15) is 31.9 Å². The smallest absolute Gasteiger partial charge is 0.290 e. The maximum absolute atomic E-state index is 12.4. The molecule has 0 aromatic heterocycles. The number of amides is 1. The molecule has 1 amide bonds. The third-order valence-corrected chi connectivity index (χ3v) is 3.84. The molecule has 0 aliphatic rings. The third-order valence-electron chi connectivity index (χ3n) is 3.84. The average Bonchev–Trinajstić information content (AvgIpc) is 2.70. The van der Waals surface area contributed by atoms with E-state index in [4.69, 9.17) is 4.74 Å². The normalized spacial score (nSPS) is 9.52. The number of ether oxygens (including phenoxy) is 1. The molecule has 0 atom stereocenters. The number of ketones is 1. The van der Waals surface area contributed by atoms with Crippen LogP contribution in [0.25, 0.3) is 0 Å². The number of hydrogen-bond donors (Lipinski definition) is 2. The van der Waals surface area contributed by atoms with E-state index >= 15 is 0 Å². The number of hydrogen-bond acceptors (Lipinski definition) is 4. The van der Waals surface area contributed by atoms with Gasteiger partial charge in [0.05, 0.1) is 6.54 Å². The Bertz CT molecular complexity index is 872. The van der Waals surface area contributed by atoms with Crippen LogP contribution in [0.2, 0.25) is 0 Å². The molecule has 0 unspecified atom stereocenters. The Morgan fingerprint density at radius 3 is 2.45 bits per heavy atom. The predicted molar refractivity (Wildman–Crippen MR) is 120 cm³/mol. The Balaban J connectivity index is 0.00000204. The van der Waals surface area contributed by atoms with Crippen LogP contribution in [0.15, 0.2) is 67.5 Å². The fraction of sp³-hybridized carbons (Fsp3) is 0.250. The molecule has 0 aliphatic heterocycles. The van der Waals surface area contributed by atoms with E-state index in [0.717, 1.165) is 16.8 Å². The maximum atomic E-state index is 12.4. The van der Waals surface area contributed by atoms with Crippen molar-refractivity contribution in [3.8, 4) is 5.75 Å². The zero-order valence-electron chi connectivity index (χ0n) is 17.7. The van der Waals surface area contributed by atoms with E-state index in [1.54, 1.807) is 18.2 Å². The molecule has 154 valence electrons. The molecule has 2 N–H and O–H groups in total. The van der Waals surface area contributed by atoms with Gasteiger partial charge in [-0.25, -0.2) is 0 Å². The van der Waals surface area contributed by atoms with Gasteiger partial charge in [0.2, 0.25) is 0 Å². The number of carbonyl (C=O) groups excluding carboxylic acids is 2. The second-order valence-electron chi connectivity index (χ2n) is 6.17. The van der Waals surface area contributed by atoms with Crippen molar-refractivity contribution in [3.05, 3.63) is 78.6 Å². The highest BCUT2D eigenvalue weighted by Gasteiger charge is 2.12. The van der Waals surface area contributed by atoms with E-state index < -0.39 is 5.91 Å². The maximum Gasteiger partial charge on any atom is 0.290 e. The van der Waals surface area contributed by atoms with Crippen LogP contribution in [-0.2, 0) is 16.0 Å². The highest BCUT2D eigenvalue weighted by atomic mass is 16.5. The second-order valence-corrected chi connectivity index (χ2v) is 6.17. The first-order chi connectivity index (χ1) is 13.9. The first-order valence-corrected chi connectivity index (χ1v) is 9.61. The monoisotopic (exact) mass is 394 g/mol. The highest BCUT2D eigenvalue weighted by molar-refractivity contribution is 6.02. The van der Waals surface area contributed by atoms with Gasteiger partial charge in [0, 0.05) is 11.4 Å². The van der Waals surface area contributed by atoms with Gasteiger partial charge in [0.25, 0.3) is 5.91 Å². The summed E-state index contributed by atoms with van der Waals surface area (Å²) in [6.07, 6.45) is 2.37. The van der Waals surface area contributed by atoms with E-state index in [2.05, 4.69) is 23.8 Å². The molecule has 29 heavy (non-hydrogen) atoms.